The zero-order chi connectivity index (χ0) is 47.4. The van der Waals surface area contributed by atoms with Crippen molar-refractivity contribution in [1.82, 2.24) is 38.6 Å². The quantitative estimate of drug-likeness (QED) is 0.0854. The van der Waals surface area contributed by atoms with Crippen molar-refractivity contribution in [3.05, 3.63) is 60.4 Å². The molecular weight excluding hydrogens is 937 g/mol. The molecule has 0 spiro atoms. The highest BCUT2D eigenvalue weighted by Crippen LogP contribution is 2.32. The highest BCUT2D eigenvalue weighted by atomic mass is 32.2. The summed E-state index contributed by atoms with van der Waals surface area (Å²) < 4.78 is 79.4. The van der Waals surface area contributed by atoms with Crippen LogP contribution in [0.5, 0.6) is 10.4 Å². The number of imidazole rings is 1. The summed E-state index contributed by atoms with van der Waals surface area (Å²) in [6, 6.07) is 8.88. The van der Waals surface area contributed by atoms with Crippen LogP contribution < -0.4 is 14.1 Å². The number of hydrogen-bond donors (Lipinski definition) is 0. The first kappa shape index (κ1) is 48.8. The summed E-state index contributed by atoms with van der Waals surface area (Å²) >= 11 is 4.00. The molecule has 2 aliphatic rings. The van der Waals surface area contributed by atoms with Crippen LogP contribution in [0.1, 0.15) is 67.2 Å². The lowest BCUT2D eigenvalue weighted by molar-refractivity contribution is -0.672. The Balaban J connectivity index is 0.000000197. The molecule has 0 bridgehead atoms. The third kappa shape index (κ3) is 11.9. The Labute approximate surface area is 394 Å². The number of hydrogen-bond acceptors (Lipinski definition) is 15. The van der Waals surface area contributed by atoms with Gasteiger partial charge < -0.3 is 28.7 Å². The molecule has 0 radical (unpaired) electrons. The number of benzene rings is 2. The van der Waals surface area contributed by atoms with E-state index in [1.807, 2.05) is 53.9 Å². The highest BCUT2D eigenvalue weighted by molar-refractivity contribution is 7.98. The van der Waals surface area contributed by atoms with Gasteiger partial charge in [-0.2, -0.15) is 0 Å². The molecule has 8 rings (SSSR count). The summed E-state index contributed by atoms with van der Waals surface area (Å²) in [6.45, 7) is 13.9. The minimum Gasteiger partial charge on any atom is -0.466 e. The second-order valence-electron chi connectivity index (χ2n) is 16.8. The fourth-order valence-corrected chi connectivity index (χ4v) is 10.2. The van der Waals surface area contributed by atoms with E-state index in [0.717, 1.165) is 54.4 Å². The molecule has 2 aromatic carbocycles. The van der Waals surface area contributed by atoms with Crippen LogP contribution in [0, 0.1) is 23.5 Å². The second kappa shape index (κ2) is 20.8. The van der Waals surface area contributed by atoms with E-state index >= 15 is 0 Å². The summed E-state index contributed by atoms with van der Waals surface area (Å²) in [7, 11) is -3.50. The molecule has 0 saturated carbocycles. The normalized spacial score (nSPS) is 16.1. The van der Waals surface area contributed by atoms with Gasteiger partial charge in [0.15, 0.2) is 16.0 Å². The molecule has 6 aromatic rings. The predicted octanol–water partition coefficient (Wildman–Crippen LogP) is 7.95. The summed E-state index contributed by atoms with van der Waals surface area (Å²) in [5, 5.41) is 14.1. The van der Waals surface area contributed by atoms with Gasteiger partial charge in [0.05, 0.1) is 55.2 Å². The largest absolute Gasteiger partial charge is 0.466 e. The van der Waals surface area contributed by atoms with Crippen LogP contribution >= 0.6 is 34.6 Å². The molecule has 6 heterocycles. The van der Waals surface area contributed by atoms with Crippen molar-refractivity contribution in [2.24, 2.45) is 11.8 Å². The molecule has 4 aromatic heterocycles. The number of carbonyl (C=O) groups excluding carboxylic acids is 2. The molecule has 23 heteroatoms. The first-order chi connectivity index (χ1) is 31.3. The Morgan fingerprint density at radius 1 is 0.788 bits per heavy atom. The lowest BCUT2D eigenvalue weighted by Crippen LogP contribution is -2.42. The molecule has 2 atom stereocenters. The topological polar surface area (TPSA) is 176 Å². The van der Waals surface area contributed by atoms with Crippen LogP contribution in [0.3, 0.4) is 0 Å². The average Bonchev–Trinajstić information content (AvgIpc) is 4.04. The fraction of sp³-hybridized carbons (Fsp3) is 0.512. The monoisotopic (exact) mass is 990 g/mol. The molecule has 356 valence electrons. The van der Waals surface area contributed by atoms with Crippen molar-refractivity contribution in [3.63, 3.8) is 0 Å². The zero-order valence-electron chi connectivity index (χ0n) is 37.9. The van der Waals surface area contributed by atoms with E-state index in [2.05, 4.69) is 20.3 Å². The van der Waals surface area contributed by atoms with Crippen LogP contribution in [-0.4, -0.2) is 122 Å². The van der Waals surface area contributed by atoms with Crippen molar-refractivity contribution in [2.45, 2.75) is 101 Å². The Morgan fingerprint density at radius 2 is 1.33 bits per heavy atom. The van der Waals surface area contributed by atoms with Crippen molar-refractivity contribution in [1.29, 1.82) is 0 Å². The molecular formula is C43H54F2N9O8S4+. The van der Waals surface area contributed by atoms with E-state index < -0.39 is 15.7 Å². The van der Waals surface area contributed by atoms with Crippen molar-refractivity contribution >= 4 is 61.6 Å². The van der Waals surface area contributed by atoms with Gasteiger partial charge in [-0.05, 0) is 143 Å². The number of carbonyl (C=O) groups is 2. The molecule has 2 unspecified atom stereocenters. The minimum absolute atomic E-state index is 0.0369. The lowest BCUT2D eigenvalue weighted by atomic mass is 9.92. The third-order valence-corrected chi connectivity index (χ3v) is 14.6. The number of fused-ring (bicyclic) bond motifs is 2. The van der Waals surface area contributed by atoms with Gasteiger partial charge in [0.2, 0.25) is 4.96 Å². The summed E-state index contributed by atoms with van der Waals surface area (Å²) in [5.41, 5.74) is 1.51. The van der Waals surface area contributed by atoms with Gasteiger partial charge in [-0.15, -0.1) is 16.9 Å². The van der Waals surface area contributed by atoms with Crippen LogP contribution in [-0.2, 0) is 19.3 Å². The summed E-state index contributed by atoms with van der Waals surface area (Å²) in [4.78, 5) is 33.6. The first-order valence-corrected chi connectivity index (χ1v) is 26.3. The smallest absolute Gasteiger partial charge is 0.410 e. The molecule has 17 nitrogen and oxygen atoms in total. The van der Waals surface area contributed by atoms with E-state index in [1.165, 1.54) is 49.9 Å². The zero-order valence-corrected chi connectivity index (χ0v) is 41.2. The standard InChI is InChI=1S/C22H27FN4O3S2.C21H27FN5O5S2/c1-13(2)29-22(28)26-9-7-15(8-10-26)14(3)30-21-25-27-12-19(24-20(27)32-21)17-6-5-16(31-4)11-18(17)23;1-13(2)31-21(28)25-9-7-15(8-10-25)14(3)32-20-24-26-12-19(23-27(26)33-20)17-6-5-16(11-18(17)22)34(4,29)30/h5-6,11-15H,7-10H2,1-4H3;5-6,11-15H,7-10H2,1-4H3/q;+1. The molecule has 0 N–H and O–H groups in total. The number of piperidine rings is 2. The third-order valence-electron chi connectivity index (χ3n) is 11.2. The number of thioether (sulfide) groups is 1. The number of ether oxygens (including phenoxy) is 4. The fourth-order valence-electron chi connectivity index (χ4n) is 7.58. The van der Waals surface area contributed by atoms with Gasteiger partial charge >= 0.3 is 17.4 Å². The van der Waals surface area contributed by atoms with E-state index in [-0.39, 0.29) is 58.8 Å². The maximum absolute atomic E-state index is 14.5. The van der Waals surface area contributed by atoms with Gasteiger partial charge in [-0.3, -0.25) is 0 Å². The van der Waals surface area contributed by atoms with Crippen molar-refractivity contribution < 1.29 is 50.4 Å². The number of amides is 2. The number of likely N-dealkylation sites (tertiary alicyclic amines) is 2. The van der Waals surface area contributed by atoms with E-state index in [9.17, 15) is 26.8 Å². The highest BCUT2D eigenvalue weighted by Gasteiger charge is 2.32. The average molecular weight is 991 g/mol. The number of sulfone groups is 1. The number of rotatable bonds is 12. The maximum atomic E-state index is 14.5. The van der Waals surface area contributed by atoms with Crippen molar-refractivity contribution in [3.8, 4) is 32.9 Å². The Bertz CT molecular complexity index is 2700. The van der Waals surface area contributed by atoms with Crippen LogP contribution in [0.4, 0.5) is 18.4 Å². The van der Waals surface area contributed by atoms with Gasteiger partial charge in [0.25, 0.3) is 10.9 Å². The SMILES string of the molecule is CC(C)OC(=O)N1CCC(C(C)Oc2n[n+]3cc(-c4ccc(S(C)(=O)=O)cc4F)nn3s2)CC1.CSc1ccc(-c2cn3nc(OC(C)C4CCN(C(=O)OC(C)C)CC4)sc3n2)c(F)c1. The number of halogens is 2. The molecule has 2 aliphatic heterocycles. The molecule has 0 aliphatic carbocycles. The number of nitrogens with zero attached hydrogens (tertiary/aromatic N) is 9. The van der Waals surface area contributed by atoms with Crippen LogP contribution in [0.25, 0.3) is 27.5 Å². The lowest BCUT2D eigenvalue weighted by Gasteiger charge is -2.34. The van der Waals surface area contributed by atoms with E-state index in [4.69, 9.17) is 18.9 Å². The van der Waals surface area contributed by atoms with Gasteiger partial charge in [0.1, 0.15) is 23.8 Å². The van der Waals surface area contributed by atoms with Crippen LogP contribution in [0.15, 0.2) is 58.6 Å². The Hall–Kier alpha value is -5.13. The van der Waals surface area contributed by atoms with Crippen LogP contribution in [0.2, 0.25) is 0 Å². The van der Waals surface area contributed by atoms with Gasteiger partial charge in [-0.1, -0.05) is 0 Å². The minimum atomic E-state index is -3.50. The van der Waals surface area contributed by atoms with E-state index in [1.54, 1.807) is 32.8 Å². The first-order valence-electron chi connectivity index (χ1n) is 21.6. The van der Waals surface area contributed by atoms with Gasteiger partial charge in [0, 0.05) is 42.9 Å². The predicted molar refractivity (Wildman–Crippen MR) is 245 cm³/mol. The summed E-state index contributed by atoms with van der Waals surface area (Å²) in [5.74, 6) is -0.379. The Kier molecular flexibility index (Phi) is 15.4. The molecule has 66 heavy (non-hydrogen) atoms. The second-order valence-corrected chi connectivity index (χ2v) is 21.5. The maximum Gasteiger partial charge on any atom is 0.410 e. The molecule has 2 saturated heterocycles. The number of aromatic nitrogens is 7. The van der Waals surface area contributed by atoms with Crippen molar-refractivity contribution in [2.75, 3.05) is 38.7 Å². The molecule has 2 amide bonds. The summed E-state index contributed by atoms with van der Waals surface area (Å²) in [6.07, 6.45) is 8.59. The van der Waals surface area contributed by atoms with E-state index in [0.29, 0.717) is 64.4 Å². The van der Waals surface area contributed by atoms with Gasteiger partial charge in [-0.25, -0.2) is 36.3 Å². The molecule has 2 fully saturated rings. The Morgan fingerprint density at radius 3 is 1.83 bits per heavy atom.